The molecule has 152 valence electrons. The monoisotopic (exact) mass is 393 g/mol. The lowest BCUT2D eigenvalue weighted by molar-refractivity contribution is -0.147. The first kappa shape index (κ1) is 20.6. The van der Waals surface area contributed by atoms with Crippen molar-refractivity contribution in [1.82, 2.24) is 15.1 Å². The number of ether oxygens (including phenoxy) is 1. The molecule has 2 aromatic carbocycles. The van der Waals surface area contributed by atoms with Gasteiger partial charge in [-0.25, -0.2) is 0 Å². The molecule has 0 bridgehead atoms. The van der Waals surface area contributed by atoms with Gasteiger partial charge in [0, 0.05) is 39.3 Å². The van der Waals surface area contributed by atoms with E-state index in [1.54, 1.807) is 12.0 Å². The summed E-state index contributed by atoms with van der Waals surface area (Å²) in [5.41, 5.74) is 2.09. The normalized spacial score (nSPS) is 14.7. The van der Waals surface area contributed by atoms with Crippen LogP contribution in [0.25, 0.3) is 6.08 Å². The van der Waals surface area contributed by atoms with Crippen molar-refractivity contribution in [1.29, 1.82) is 0 Å². The van der Waals surface area contributed by atoms with Crippen molar-refractivity contribution >= 4 is 17.9 Å². The largest absolute Gasteiger partial charge is 0.497 e. The maximum absolute atomic E-state index is 12.4. The van der Waals surface area contributed by atoms with Gasteiger partial charge in [0.15, 0.2) is 0 Å². The highest BCUT2D eigenvalue weighted by Gasteiger charge is 2.25. The Bertz CT molecular complexity index is 826. The number of benzene rings is 2. The minimum atomic E-state index is -0.557. The van der Waals surface area contributed by atoms with Crippen LogP contribution in [0.2, 0.25) is 0 Å². The number of hydrogen-bond acceptors (Lipinski definition) is 4. The lowest BCUT2D eigenvalue weighted by atomic mass is 10.2. The maximum Gasteiger partial charge on any atom is 0.311 e. The Hall–Kier alpha value is -3.12. The summed E-state index contributed by atoms with van der Waals surface area (Å²) in [7, 11) is 1.61. The molecule has 3 rings (SSSR count). The second kappa shape index (κ2) is 10.4. The van der Waals surface area contributed by atoms with Gasteiger partial charge in [0.1, 0.15) is 5.75 Å². The molecule has 6 nitrogen and oxygen atoms in total. The summed E-state index contributed by atoms with van der Waals surface area (Å²) in [6.07, 6.45) is 4.23. The number of carbonyl (C=O) groups is 2. The zero-order valence-electron chi connectivity index (χ0n) is 16.7. The molecule has 2 aromatic rings. The minimum absolute atomic E-state index is 0.318. The van der Waals surface area contributed by atoms with Gasteiger partial charge in [-0.15, -0.1) is 0 Å². The summed E-state index contributed by atoms with van der Waals surface area (Å²) in [6, 6.07) is 17.6. The van der Waals surface area contributed by atoms with Gasteiger partial charge in [0.05, 0.1) is 7.11 Å². The number of rotatable bonds is 6. The van der Waals surface area contributed by atoms with Crippen LogP contribution in [0, 0.1) is 0 Å². The molecule has 29 heavy (non-hydrogen) atoms. The predicted octanol–water partition coefficient (Wildman–Crippen LogP) is 2.17. The predicted molar refractivity (Wildman–Crippen MR) is 113 cm³/mol. The Balaban J connectivity index is 1.39. The van der Waals surface area contributed by atoms with Gasteiger partial charge in [-0.05, 0) is 23.3 Å². The zero-order valence-corrected chi connectivity index (χ0v) is 16.7. The molecule has 6 heteroatoms. The number of nitrogens with zero attached hydrogens (tertiary/aromatic N) is 2. The number of nitrogens with one attached hydrogen (secondary N) is 1. The van der Waals surface area contributed by atoms with E-state index in [0.717, 1.165) is 30.9 Å². The van der Waals surface area contributed by atoms with E-state index in [1.165, 1.54) is 5.56 Å². The lowest BCUT2D eigenvalue weighted by Crippen LogP contribution is -2.52. The molecule has 0 atom stereocenters. The van der Waals surface area contributed by atoms with Crippen LogP contribution in [-0.4, -0.2) is 61.4 Å². The van der Waals surface area contributed by atoms with Gasteiger partial charge < -0.3 is 15.0 Å². The fraction of sp³-hybridized carbons (Fsp3) is 0.304. The third-order valence-electron chi connectivity index (χ3n) is 4.94. The van der Waals surface area contributed by atoms with Crippen LogP contribution in [-0.2, 0) is 16.1 Å². The van der Waals surface area contributed by atoms with Gasteiger partial charge in [-0.1, -0.05) is 54.6 Å². The molecule has 1 saturated heterocycles. The van der Waals surface area contributed by atoms with E-state index >= 15 is 0 Å². The topological polar surface area (TPSA) is 61.9 Å². The Morgan fingerprint density at radius 2 is 1.69 bits per heavy atom. The average molecular weight is 393 g/mol. The van der Waals surface area contributed by atoms with Gasteiger partial charge in [0.2, 0.25) is 0 Å². The number of piperazine rings is 1. The van der Waals surface area contributed by atoms with E-state index < -0.39 is 11.8 Å². The quantitative estimate of drug-likeness (QED) is 0.764. The molecule has 2 amide bonds. The Kier molecular flexibility index (Phi) is 7.41. The SMILES string of the molecule is COc1ccc(CNC(=O)C(=O)N2CCN(C/C=C/c3ccccc3)CC2)cc1. The third kappa shape index (κ3) is 6.19. The number of methoxy groups -OCH3 is 1. The Morgan fingerprint density at radius 3 is 2.34 bits per heavy atom. The highest BCUT2D eigenvalue weighted by molar-refractivity contribution is 6.35. The van der Waals surface area contributed by atoms with E-state index in [4.69, 9.17) is 4.74 Å². The number of hydrogen-bond donors (Lipinski definition) is 1. The summed E-state index contributed by atoms with van der Waals surface area (Å²) in [5, 5.41) is 2.70. The van der Waals surface area contributed by atoms with Gasteiger partial charge in [0.25, 0.3) is 0 Å². The van der Waals surface area contributed by atoms with E-state index in [0.29, 0.717) is 19.6 Å². The van der Waals surface area contributed by atoms with Crippen LogP contribution < -0.4 is 10.1 Å². The Morgan fingerprint density at radius 1 is 1.00 bits per heavy atom. The zero-order chi connectivity index (χ0) is 20.5. The van der Waals surface area contributed by atoms with Crippen molar-refractivity contribution in [3.05, 3.63) is 71.8 Å². The summed E-state index contributed by atoms with van der Waals surface area (Å²) in [6.45, 7) is 3.80. The van der Waals surface area contributed by atoms with Gasteiger partial charge in [-0.2, -0.15) is 0 Å². The number of carbonyl (C=O) groups excluding carboxylic acids is 2. The average Bonchev–Trinajstić information content (AvgIpc) is 2.78. The molecule has 1 heterocycles. The third-order valence-corrected chi connectivity index (χ3v) is 4.94. The van der Waals surface area contributed by atoms with E-state index in [2.05, 4.69) is 34.5 Å². The molecular weight excluding hydrogens is 366 g/mol. The molecule has 1 aliphatic rings. The molecular formula is C23H27N3O3. The van der Waals surface area contributed by atoms with Crippen molar-refractivity contribution in [2.24, 2.45) is 0 Å². The fourth-order valence-electron chi connectivity index (χ4n) is 3.18. The molecule has 0 unspecified atom stereocenters. The van der Waals surface area contributed by atoms with E-state index in [1.807, 2.05) is 42.5 Å². The molecule has 1 fully saturated rings. The van der Waals surface area contributed by atoms with Crippen LogP contribution in [0.1, 0.15) is 11.1 Å². The first-order valence-corrected chi connectivity index (χ1v) is 9.79. The van der Waals surface area contributed by atoms with Crippen LogP contribution in [0.15, 0.2) is 60.7 Å². The van der Waals surface area contributed by atoms with Gasteiger partial charge in [-0.3, -0.25) is 14.5 Å². The first-order chi connectivity index (χ1) is 14.2. The van der Waals surface area contributed by atoms with Crippen LogP contribution in [0.5, 0.6) is 5.75 Å². The molecule has 0 aromatic heterocycles. The van der Waals surface area contributed by atoms with Crippen LogP contribution in [0.4, 0.5) is 0 Å². The second-order valence-corrected chi connectivity index (χ2v) is 6.94. The highest BCUT2D eigenvalue weighted by atomic mass is 16.5. The van der Waals surface area contributed by atoms with Crippen molar-refractivity contribution < 1.29 is 14.3 Å². The highest BCUT2D eigenvalue weighted by Crippen LogP contribution is 2.11. The smallest absolute Gasteiger partial charge is 0.311 e. The van der Waals surface area contributed by atoms with Crippen LogP contribution >= 0.6 is 0 Å². The standard InChI is InChI=1S/C23H27N3O3/c1-29-21-11-9-20(10-12-21)18-24-22(27)23(28)26-16-14-25(15-17-26)13-5-8-19-6-3-2-4-7-19/h2-12H,13-18H2,1H3,(H,24,27)/b8-5+. The lowest BCUT2D eigenvalue weighted by Gasteiger charge is -2.33. The summed E-state index contributed by atoms with van der Waals surface area (Å²) >= 11 is 0. The van der Waals surface area contributed by atoms with Crippen molar-refractivity contribution in [3.8, 4) is 5.75 Å². The Labute approximate surface area is 171 Å². The van der Waals surface area contributed by atoms with Crippen molar-refractivity contribution in [2.45, 2.75) is 6.54 Å². The number of amides is 2. The fourth-order valence-corrected chi connectivity index (χ4v) is 3.18. The van der Waals surface area contributed by atoms with E-state index in [9.17, 15) is 9.59 Å². The molecule has 0 aliphatic carbocycles. The van der Waals surface area contributed by atoms with Crippen LogP contribution in [0.3, 0.4) is 0 Å². The summed E-state index contributed by atoms with van der Waals surface area (Å²) < 4.78 is 5.11. The minimum Gasteiger partial charge on any atom is -0.497 e. The molecule has 0 saturated carbocycles. The summed E-state index contributed by atoms with van der Waals surface area (Å²) in [4.78, 5) is 28.5. The summed E-state index contributed by atoms with van der Waals surface area (Å²) in [5.74, 6) is -0.260. The van der Waals surface area contributed by atoms with Crippen molar-refractivity contribution in [3.63, 3.8) is 0 Å². The van der Waals surface area contributed by atoms with E-state index in [-0.39, 0.29) is 0 Å². The maximum atomic E-state index is 12.4. The van der Waals surface area contributed by atoms with Crippen molar-refractivity contribution in [2.75, 3.05) is 39.8 Å². The van der Waals surface area contributed by atoms with Gasteiger partial charge >= 0.3 is 11.8 Å². The first-order valence-electron chi connectivity index (χ1n) is 9.79. The molecule has 0 spiro atoms. The molecule has 0 radical (unpaired) electrons. The molecule has 1 N–H and O–H groups in total. The second-order valence-electron chi connectivity index (χ2n) is 6.94. The molecule has 1 aliphatic heterocycles.